The minimum atomic E-state index is -0.328. The number of para-hydroxylation sites is 1. The summed E-state index contributed by atoms with van der Waals surface area (Å²) in [4.78, 5) is 11.2. The van der Waals surface area contributed by atoms with Gasteiger partial charge < -0.3 is 15.7 Å². The highest BCUT2D eigenvalue weighted by Gasteiger charge is 2.24. The summed E-state index contributed by atoms with van der Waals surface area (Å²) in [6, 6.07) is 11.5. The normalized spacial score (nSPS) is 17.6. The molecule has 0 saturated carbocycles. The molecule has 0 bridgehead atoms. The second kappa shape index (κ2) is 5.72. The predicted molar refractivity (Wildman–Crippen MR) is 91.4 cm³/mol. The Morgan fingerprint density at radius 2 is 2.00 bits per heavy atom. The number of phenols is 1. The molecule has 1 fully saturated rings. The van der Waals surface area contributed by atoms with Crippen LogP contribution in [0.5, 0.6) is 5.75 Å². The molecule has 1 unspecified atom stereocenters. The Balaban J connectivity index is 1.94. The lowest BCUT2D eigenvalue weighted by atomic mass is 10.1. The number of halogens is 1. The molecule has 2 aromatic carbocycles. The molecule has 24 heavy (non-hydrogen) atoms. The van der Waals surface area contributed by atoms with Gasteiger partial charge in [0.05, 0.1) is 11.1 Å². The van der Waals surface area contributed by atoms with E-state index in [-0.39, 0.29) is 17.6 Å². The first kappa shape index (κ1) is 14.8. The van der Waals surface area contributed by atoms with Crippen molar-refractivity contribution in [2.24, 2.45) is 5.73 Å². The third-order valence-electron chi connectivity index (χ3n) is 4.31. The van der Waals surface area contributed by atoms with Gasteiger partial charge in [-0.15, -0.1) is 0 Å². The van der Waals surface area contributed by atoms with Crippen molar-refractivity contribution in [2.45, 2.75) is 12.5 Å². The van der Waals surface area contributed by atoms with Gasteiger partial charge in [-0.2, -0.15) is 0 Å². The summed E-state index contributed by atoms with van der Waals surface area (Å²) in [7, 11) is 0. The number of phenolic OH excluding ortho intramolecular Hbond substituents is 1. The van der Waals surface area contributed by atoms with E-state index < -0.39 is 0 Å². The third-order valence-corrected chi connectivity index (χ3v) is 4.31. The molecule has 4 rings (SSSR count). The van der Waals surface area contributed by atoms with Crippen LogP contribution < -0.4 is 10.6 Å². The van der Waals surface area contributed by atoms with Crippen molar-refractivity contribution in [3.05, 3.63) is 48.3 Å². The number of aromatic nitrogens is 2. The van der Waals surface area contributed by atoms with E-state index in [1.807, 2.05) is 6.07 Å². The topological polar surface area (TPSA) is 75.3 Å². The number of nitrogens with two attached hydrogens (primary N) is 1. The van der Waals surface area contributed by atoms with Crippen LogP contribution in [0.2, 0.25) is 0 Å². The number of aromatic hydroxyl groups is 1. The molecule has 1 saturated heterocycles. The summed E-state index contributed by atoms with van der Waals surface area (Å²) in [5, 5.41) is 10.8. The molecule has 3 aromatic rings. The van der Waals surface area contributed by atoms with Gasteiger partial charge in [-0.25, -0.2) is 14.4 Å². The van der Waals surface area contributed by atoms with Gasteiger partial charge in [-0.3, -0.25) is 0 Å². The van der Waals surface area contributed by atoms with Crippen molar-refractivity contribution in [3.8, 4) is 17.1 Å². The van der Waals surface area contributed by atoms with Crippen LogP contribution in [-0.4, -0.2) is 34.2 Å². The monoisotopic (exact) mass is 324 g/mol. The molecule has 0 radical (unpaired) electrons. The molecule has 3 N–H and O–H groups in total. The average Bonchev–Trinajstić information content (AvgIpc) is 3.01. The van der Waals surface area contributed by atoms with Gasteiger partial charge in [0.25, 0.3) is 0 Å². The van der Waals surface area contributed by atoms with Crippen molar-refractivity contribution in [3.63, 3.8) is 0 Å². The molecular weight excluding hydrogens is 307 g/mol. The molecule has 122 valence electrons. The molecule has 1 atom stereocenters. The number of hydrogen-bond donors (Lipinski definition) is 2. The van der Waals surface area contributed by atoms with Crippen molar-refractivity contribution in [1.29, 1.82) is 0 Å². The van der Waals surface area contributed by atoms with Crippen LogP contribution in [0.25, 0.3) is 22.3 Å². The van der Waals surface area contributed by atoms with Crippen LogP contribution in [0, 0.1) is 5.82 Å². The Morgan fingerprint density at radius 3 is 2.75 bits per heavy atom. The summed E-state index contributed by atoms with van der Waals surface area (Å²) in [5.74, 6) is 0.863. The first-order chi connectivity index (χ1) is 11.6. The maximum Gasteiger partial charge on any atom is 0.165 e. The summed E-state index contributed by atoms with van der Waals surface area (Å²) in [6.45, 7) is 1.44. The number of fused-ring (bicyclic) bond motifs is 1. The first-order valence-corrected chi connectivity index (χ1v) is 7.88. The van der Waals surface area contributed by atoms with Crippen LogP contribution in [0.15, 0.2) is 42.5 Å². The Kier molecular flexibility index (Phi) is 3.54. The second-order valence-corrected chi connectivity index (χ2v) is 6.04. The average molecular weight is 324 g/mol. The summed E-state index contributed by atoms with van der Waals surface area (Å²) >= 11 is 0. The molecule has 1 aromatic heterocycles. The quantitative estimate of drug-likeness (QED) is 0.758. The number of rotatable bonds is 2. The standard InChI is InChI=1S/C18H17FN4O/c19-11-5-6-15-14(9-11)18(23-8-7-12(20)10-23)22-17(21-15)13-3-1-2-4-16(13)24/h1-6,9,12,24H,7-8,10,20H2. The maximum absolute atomic E-state index is 13.7. The SMILES string of the molecule is NC1CCN(c2nc(-c3ccccc3O)nc3ccc(F)cc23)C1. The number of benzene rings is 2. The fourth-order valence-electron chi connectivity index (χ4n) is 3.09. The van der Waals surface area contributed by atoms with Crippen molar-refractivity contribution in [1.82, 2.24) is 9.97 Å². The van der Waals surface area contributed by atoms with Crippen molar-refractivity contribution >= 4 is 16.7 Å². The van der Waals surface area contributed by atoms with Crippen LogP contribution in [-0.2, 0) is 0 Å². The zero-order chi connectivity index (χ0) is 16.7. The Labute approximate surface area is 138 Å². The van der Waals surface area contributed by atoms with Gasteiger partial charge in [0.15, 0.2) is 5.82 Å². The van der Waals surface area contributed by atoms with Crippen LogP contribution in [0.3, 0.4) is 0 Å². The van der Waals surface area contributed by atoms with E-state index in [0.29, 0.717) is 34.7 Å². The zero-order valence-corrected chi connectivity index (χ0v) is 13.0. The van der Waals surface area contributed by atoms with E-state index in [2.05, 4.69) is 14.9 Å². The first-order valence-electron chi connectivity index (χ1n) is 7.88. The van der Waals surface area contributed by atoms with Gasteiger partial charge in [-0.1, -0.05) is 12.1 Å². The highest BCUT2D eigenvalue weighted by atomic mass is 19.1. The molecule has 2 heterocycles. The Hall–Kier alpha value is -2.73. The van der Waals surface area contributed by atoms with Gasteiger partial charge in [0.1, 0.15) is 17.4 Å². The molecule has 1 aliphatic rings. The zero-order valence-electron chi connectivity index (χ0n) is 13.0. The minimum absolute atomic E-state index is 0.0807. The van der Waals surface area contributed by atoms with E-state index in [9.17, 15) is 9.50 Å². The lowest BCUT2D eigenvalue weighted by molar-refractivity contribution is 0.477. The van der Waals surface area contributed by atoms with Crippen molar-refractivity contribution < 1.29 is 9.50 Å². The number of nitrogens with zero attached hydrogens (tertiary/aromatic N) is 3. The molecule has 0 aliphatic carbocycles. The Morgan fingerprint density at radius 1 is 1.17 bits per heavy atom. The van der Waals surface area contributed by atoms with Crippen LogP contribution in [0.1, 0.15) is 6.42 Å². The van der Waals surface area contributed by atoms with Crippen LogP contribution >= 0.6 is 0 Å². The van der Waals surface area contributed by atoms with E-state index >= 15 is 0 Å². The van der Waals surface area contributed by atoms with Gasteiger partial charge in [-0.05, 0) is 36.8 Å². The van der Waals surface area contributed by atoms with E-state index in [0.717, 1.165) is 13.0 Å². The van der Waals surface area contributed by atoms with Crippen LogP contribution in [0.4, 0.5) is 10.2 Å². The lowest BCUT2D eigenvalue weighted by Gasteiger charge is -2.20. The minimum Gasteiger partial charge on any atom is -0.507 e. The highest BCUT2D eigenvalue weighted by Crippen LogP contribution is 2.32. The maximum atomic E-state index is 13.7. The molecular formula is C18H17FN4O. The molecule has 6 heteroatoms. The third kappa shape index (κ3) is 2.55. The molecule has 1 aliphatic heterocycles. The molecule has 5 nitrogen and oxygen atoms in total. The van der Waals surface area contributed by atoms with Gasteiger partial charge in [0.2, 0.25) is 0 Å². The summed E-state index contributed by atoms with van der Waals surface area (Å²) in [5.41, 5.74) is 7.20. The van der Waals surface area contributed by atoms with E-state index in [4.69, 9.17) is 5.73 Å². The fourth-order valence-corrected chi connectivity index (χ4v) is 3.09. The molecule has 0 spiro atoms. The Bertz CT molecular complexity index is 915. The van der Waals surface area contributed by atoms with Gasteiger partial charge >= 0.3 is 0 Å². The smallest absolute Gasteiger partial charge is 0.165 e. The molecule has 0 amide bonds. The lowest BCUT2D eigenvalue weighted by Crippen LogP contribution is -2.27. The fraction of sp³-hybridized carbons (Fsp3) is 0.222. The highest BCUT2D eigenvalue weighted by molar-refractivity contribution is 5.91. The number of hydrogen-bond acceptors (Lipinski definition) is 5. The van der Waals surface area contributed by atoms with E-state index in [1.165, 1.54) is 12.1 Å². The number of anilines is 1. The van der Waals surface area contributed by atoms with Crippen molar-refractivity contribution in [2.75, 3.05) is 18.0 Å². The van der Waals surface area contributed by atoms with E-state index in [1.54, 1.807) is 24.3 Å². The predicted octanol–water partition coefficient (Wildman–Crippen LogP) is 2.68. The second-order valence-electron chi connectivity index (χ2n) is 6.04. The summed E-state index contributed by atoms with van der Waals surface area (Å²) < 4.78 is 13.7. The summed E-state index contributed by atoms with van der Waals surface area (Å²) in [6.07, 6.45) is 0.868. The largest absolute Gasteiger partial charge is 0.507 e. The van der Waals surface area contributed by atoms with Gasteiger partial charge in [0, 0.05) is 24.5 Å².